The Bertz CT molecular complexity index is 472. The lowest BCUT2D eigenvalue weighted by Crippen LogP contribution is -2.41. The van der Waals surface area contributed by atoms with Crippen LogP contribution in [0.2, 0.25) is 0 Å². The molecule has 0 aliphatic carbocycles. The van der Waals surface area contributed by atoms with Gasteiger partial charge in [0.2, 0.25) is 15.9 Å². The third-order valence-electron chi connectivity index (χ3n) is 2.00. The largest absolute Gasteiger partial charge is 0.305 e. The zero-order chi connectivity index (χ0) is 13.6. The van der Waals surface area contributed by atoms with Gasteiger partial charge in [0.25, 0.3) is 0 Å². The Morgan fingerprint density at radius 2 is 2.22 bits per heavy atom. The maximum atomic E-state index is 11.7. The minimum Gasteiger partial charge on any atom is -0.305 e. The van der Waals surface area contributed by atoms with Gasteiger partial charge in [-0.1, -0.05) is 0 Å². The van der Waals surface area contributed by atoms with Crippen molar-refractivity contribution in [2.24, 2.45) is 0 Å². The first kappa shape index (κ1) is 15.0. The Hall–Kier alpha value is -1.03. The molecule has 0 aliphatic heterocycles. The second-order valence-electron chi connectivity index (χ2n) is 3.67. The maximum Gasteiger partial charge on any atom is 0.243 e. The van der Waals surface area contributed by atoms with E-state index in [0.717, 1.165) is 6.26 Å². The van der Waals surface area contributed by atoms with E-state index >= 15 is 0 Å². The molecule has 0 radical (unpaired) electrons. The summed E-state index contributed by atoms with van der Waals surface area (Å²) in [7, 11) is -3.18. The summed E-state index contributed by atoms with van der Waals surface area (Å²) in [6, 6.07) is -0.421. The van der Waals surface area contributed by atoms with Crippen LogP contribution in [0.15, 0.2) is 11.6 Å². The summed E-state index contributed by atoms with van der Waals surface area (Å²) in [6.45, 7) is 2.32. The lowest BCUT2D eigenvalue weighted by Gasteiger charge is -2.12. The van der Waals surface area contributed by atoms with Crippen molar-refractivity contribution in [3.8, 4) is 0 Å². The topological polar surface area (TPSA) is 100 Å². The van der Waals surface area contributed by atoms with Gasteiger partial charge in [-0.2, -0.15) is 0 Å². The van der Waals surface area contributed by atoms with E-state index in [9.17, 15) is 13.2 Å². The summed E-state index contributed by atoms with van der Waals surface area (Å²) in [5, 5.41) is 7.86. The Morgan fingerprint density at radius 3 is 2.78 bits per heavy atom. The number of nitrogens with one attached hydrogen (secondary N) is 3. The van der Waals surface area contributed by atoms with E-state index in [-0.39, 0.29) is 12.5 Å². The second-order valence-corrected chi connectivity index (χ2v) is 6.40. The number of carbonyl (C=O) groups excluding carboxylic acids is 1. The number of carbonyl (C=O) groups is 1. The van der Waals surface area contributed by atoms with Crippen LogP contribution in [-0.4, -0.2) is 44.7 Å². The van der Waals surface area contributed by atoms with Crippen molar-refractivity contribution in [2.75, 3.05) is 24.7 Å². The minimum atomic E-state index is -3.18. The number of sulfonamides is 1. The Kier molecular flexibility index (Phi) is 5.66. The molecule has 1 aromatic rings. The summed E-state index contributed by atoms with van der Waals surface area (Å²) < 4.78 is 23.9. The number of thiazole rings is 1. The van der Waals surface area contributed by atoms with Crippen molar-refractivity contribution >= 4 is 32.4 Å². The van der Waals surface area contributed by atoms with Gasteiger partial charge in [0.15, 0.2) is 5.13 Å². The molecular weight excluding hydrogens is 276 g/mol. The molecule has 0 aliphatic rings. The Balaban J connectivity index is 2.24. The average molecular weight is 292 g/mol. The van der Waals surface area contributed by atoms with Crippen molar-refractivity contribution in [3.05, 3.63) is 11.6 Å². The normalized spacial score (nSPS) is 13.2. The van der Waals surface area contributed by atoms with Crippen LogP contribution in [0.3, 0.4) is 0 Å². The highest BCUT2D eigenvalue weighted by molar-refractivity contribution is 7.88. The molecule has 3 N–H and O–H groups in total. The maximum absolute atomic E-state index is 11.7. The SMILES string of the molecule is C[C@H](NCCNS(C)(=O)=O)C(=O)Nc1nccs1. The Labute approximate surface area is 110 Å². The second kappa shape index (κ2) is 6.78. The molecule has 0 saturated carbocycles. The molecule has 1 aromatic heterocycles. The Morgan fingerprint density at radius 1 is 1.50 bits per heavy atom. The molecule has 0 aromatic carbocycles. The number of rotatable bonds is 7. The first-order chi connectivity index (χ1) is 8.38. The summed E-state index contributed by atoms with van der Waals surface area (Å²) in [5.41, 5.74) is 0. The van der Waals surface area contributed by atoms with Gasteiger partial charge in [0, 0.05) is 24.7 Å². The average Bonchev–Trinajstić information content (AvgIpc) is 2.75. The van der Waals surface area contributed by atoms with Gasteiger partial charge in [-0.05, 0) is 6.92 Å². The molecule has 18 heavy (non-hydrogen) atoms. The molecule has 7 nitrogen and oxygen atoms in total. The van der Waals surface area contributed by atoms with Crippen LogP contribution in [0.4, 0.5) is 5.13 Å². The molecule has 1 amide bonds. The molecule has 1 atom stereocenters. The van der Waals surface area contributed by atoms with Gasteiger partial charge in [-0.15, -0.1) is 11.3 Å². The van der Waals surface area contributed by atoms with Gasteiger partial charge in [0.1, 0.15) is 0 Å². The molecule has 102 valence electrons. The molecule has 0 fully saturated rings. The predicted molar refractivity (Wildman–Crippen MR) is 71.1 cm³/mol. The van der Waals surface area contributed by atoms with E-state index in [0.29, 0.717) is 11.7 Å². The van der Waals surface area contributed by atoms with Crippen LogP contribution < -0.4 is 15.4 Å². The lowest BCUT2D eigenvalue weighted by molar-refractivity contribution is -0.117. The summed E-state index contributed by atoms with van der Waals surface area (Å²) >= 11 is 1.34. The van der Waals surface area contributed by atoms with Gasteiger partial charge in [-0.25, -0.2) is 18.1 Å². The zero-order valence-corrected chi connectivity index (χ0v) is 11.8. The van der Waals surface area contributed by atoms with Gasteiger partial charge in [0.05, 0.1) is 12.3 Å². The van der Waals surface area contributed by atoms with Crippen molar-refractivity contribution in [3.63, 3.8) is 0 Å². The molecule has 1 heterocycles. The molecule has 9 heteroatoms. The van der Waals surface area contributed by atoms with Crippen LogP contribution in [0.5, 0.6) is 0 Å². The fourth-order valence-electron chi connectivity index (χ4n) is 1.12. The summed E-state index contributed by atoms with van der Waals surface area (Å²) in [5.74, 6) is -0.204. The smallest absolute Gasteiger partial charge is 0.243 e. The number of nitrogens with zero attached hydrogens (tertiary/aromatic N) is 1. The van der Waals surface area contributed by atoms with E-state index in [4.69, 9.17) is 0 Å². The van der Waals surface area contributed by atoms with E-state index in [2.05, 4.69) is 20.3 Å². The van der Waals surface area contributed by atoms with Gasteiger partial charge >= 0.3 is 0 Å². The molecule has 0 bridgehead atoms. The highest BCUT2D eigenvalue weighted by Gasteiger charge is 2.13. The standard InChI is InChI=1S/C9H16N4O3S2/c1-7(10-3-4-12-18(2,15)16)8(14)13-9-11-5-6-17-9/h5-7,10,12H,3-4H2,1-2H3,(H,11,13,14)/t7-/m0/s1. The first-order valence-corrected chi connectivity index (χ1v) is 8.04. The third kappa shape index (κ3) is 6.05. The van der Waals surface area contributed by atoms with Crippen LogP contribution in [-0.2, 0) is 14.8 Å². The number of amides is 1. The fourth-order valence-corrected chi connectivity index (χ4v) is 2.12. The number of aromatic nitrogens is 1. The van der Waals surface area contributed by atoms with Gasteiger partial charge < -0.3 is 10.6 Å². The summed E-state index contributed by atoms with van der Waals surface area (Å²) in [4.78, 5) is 15.6. The number of anilines is 1. The fraction of sp³-hybridized carbons (Fsp3) is 0.556. The molecular formula is C9H16N4O3S2. The third-order valence-corrected chi connectivity index (χ3v) is 3.41. The van der Waals surface area contributed by atoms with Crippen molar-refractivity contribution in [2.45, 2.75) is 13.0 Å². The van der Waals surface area contributed by atoms with Crippen molar-refractivity contribution in [1.29, 1.82) is 0 Å². The monoisotopic (exact) mass is 292 g/mol. The predicted octanol–water partition coefficient (Wildman–Crippen LogP) is -0.391. The molecule has 1 rings (SSSR count). The number of hydrogen-bond acceptors (Lipinski definition) is 6. The summed E-state index contributed by atoms with van der Waals surface area (Å²) in [6.07, 6.45) is 2.69. The quantitative estimate of drug-likeness (QED) is 0.594. The van der Waals surface area contributed by atoms with Crippen molar-refractivity contribution in [1.82, 2.24) is 15.0 Å². The van der Waals surface area contributed by atoms with E-state index in [1.54, 1.807) is 18.5 Å². The van der Waals surface area contributed by atoms with E-state index < -0.39 is 16.1 Å². The van der Waals surface area contributed by atoms with Crippen LogP contribution >= 0.6 is 11.3 Å². The highest BCUT2D eigenvalue weighted by atomic mass is 32.2. The molecule has 0 unspecified atom stereocenters. The number of hydrogen-bond donors (Lipinski definition) is 3. The van der Waals surface area contributed by atoms with E-state index in [1.807, 2.05) is 0 Å². The molecule has 0 saturated heterocycles. The minimum absolute atomic E-state index is 0.204. The highest BCUT2D eigenvalue weighted by Crippen LogP contribution is 2.10. The lowest BCUT2D eigenvalue weighted by atomic mass is 10.3. The van der Waals surface area contributed by atoms with Crippen LogP contribution in [0.25, 0.3) is 0 Å². The molecule has 0 spiro atoms. The van der Waals surface area contributed by atoms with Crippen LogP contribution in [0.1, 0.15) is 6.92 Å². The van der Waals surface area contributed by atoms with Crippen LogP contribution in [0, 0.1) is 0 Å². The van der Waals surface area contributed by atoms with Gasteiger partial charge in [-0.3, -0.25) is 4.79 Å². The van der Waals surface area contributed by atoms with E-state index in [1.165, 1.54) is 11.3 Å². The zero-order valence-electron chi connectivity index (χ0n) is 10.1. The first-order valence-electron chi connectivity index (χ1n) is 5.27. The van der Waals surface area contributed by atoms with Crippen molar-refractivity contribution < 1.29 is 13.2 Å².